The van der Waals surface area contributed by atoms with Crippen molar-refractivity contribution in [3.05, 3.63) is 69.8 Å². The number of nitrogens with one attached hydrogen (secondary N) is 1. The Morgan fingerprint density at radius 2 is 1.84 bits per heavy atom. The van der Waals surface area contributed by atoms with Gasteiger partial charge in [-0.1, -0.05) is 30.3 Å². The highest BCUT2D eigenvalue weighted by Gasteiger charge is 2.33. The highest BCUT2D eigenvalue weighted by Crippen LogP contribution is 2.43. The van der Waals surface area contributed by atoms with Crippen molar-refractivity contribution < 1.29 is 14.3 Å². The van der Waals surface area contributed by atoms with Gasteiger partial charge in [0.15, 0.2) is 0 Å². The van der Waals surface area contributed by atoms with Crippen LogP contribution in [0.3, 0.4) is 0 Å². The summed E-state index contributed by atoms with van der Waals surface area (Å²) in [5, 5.41) is 13.3. The molecule has 2 N–H and O–H groups in total. The van der Waals surface area contributed by atoms with Crippen LogP contribution < -0.4 is 15.6 Å². The van der Waals surface area contributed by atoms with Crippen molar-refractivity contribution in [2.45, 2.75) is 19.0 Å². The Kier molecular flexibility index (Phi) is 4.89. The maximum atomic E-state index is 15.6. The molecule has 2 aliphatic heterocycles. The minimum absolute atomic E-state index is 0.135. The largest absolute Gasteiger partial charge is 0.477 e. The van der Waals surface area contributed by atoms with Gasteiger partial charge in [0.1, 0.15) is 11.4 Å². The average Bonchev–Trinajstić information content (AvgIpc) is 2.78. The molecule has 0 aliphatic carbocycles. The lowest BCUT2D eigenvalue weighted by Crippen LogP contribution is -2.45. The maximum absolute atomic E-state index is 15.6. The lowest BCUT2D eigenvalue weighted by Gasteiger charge is -2.38. The molecule has 2 aromatic carbocycles. The zero-order valence-electron chi connectivity index (χ0n) is 18.0. The van der Waals surface area contributed by atoms with Gasteiger partial charge in [0.05, 0.1) is 34.4 Å². The average molecular weight is 436 g/mol. The van der Waals surface area contributed by atoms with Crippen LogP contribution in [0.2, 0.25) is 0 Å². The number of hydrogen-bond acceptors (Lipinski definition) is 5. The van der Waals surface area contributed by atoms with Crippen LogP contribution in [0.15, 0.2) is 47.4 Å². The van der Waals surface area contributed by atoms with Gasteiger partial charge in [-0.15, -0.1) is 0 Å². The monoisotopic (exact) mass is 436 g/mol. The molecule has 1 unspecified atom stereocenters. The van der Waals surface area contributed by atoms with Crippen LogP contribution >= 0.6 is 0 Å². The molecule has 0 radical (unpaired) electrons. The number of nitrogens with zero attached hydrogens (tertiary/aromatic N) is 3. The molecule has 166 valence electrons. The normalized spacial score (nSPS) is 20.9. The van der Waals surface area contributed by atoms with E-state index in [2.05, 4.69) is 10.2 Å². The van der Waals surface area contributed by atoms with Gasteiger partial charge >= 0.3 is 5.97 Å². The number of aromatic carboxylic acids is 1. The van der Waals surface area contributed by atoms with Crippen LogP contribution in [0.4, 0.5) is 15.8 Å². The lowest BCUT2D eigenvalue weighted by atomic mass is 9.94. The molecule has 7 nitrogen and oxygen atoms in total. The van der Waals surface area contributed by atoms with E-state index in [1.54, 1.807) is 0 Å². The van der Waals surface area contributed by atoms with Gasteiger partial charge in [0, 0.05) is 38.4 Å². The maximum Gasteiger partial charge on any atom is 0.341 e. The van der Waals surface area contributed by atoms with Crippen molar-refractivity contribution in [3.8, 4) is 0 Å². The van der Waals surface area contributed by atoms with E-state index >= 15 is 4.39 Å². The SMILES string of the molecule is CC1[C@@H](c2ccccc2)Nc2cc(F)c(N3CCN(C)CC3)c3c(=O)c(C(=O)O)cn1c23. The van der Waals surface area contributed by atoms with E-state index in [4.69, 9.17) is 0 Å². The number of carboxylic acid groups (broad SMARTS) is 1. The lowest BCUT2D eigenvalue weighted by molar-refractivity contribution is 0.0694. The molecule has 0 spiro atoms. The van der Waals surface area contributed by atoms with Gasteiger partial charge in [-0.2, -0.15) is 0 Å². The van der Waals surface area contributed by atoms with E-state index in [0.717, 1.165) is 18.7 Å². The van der Waals surface area contributed by atoms with Gasteiger partial charge in [-0.3, -0.25) is 4.79 Å². The molecule has 5 rings (SSSR count). The first-order valence-electron chi connectivity index (χ1n) is 10.8. The summed E-state index contributed by atoms with van der Waals surface area (Å²) in [6.07, 6.45) is 1.41. The quantitative estimate of drug-likeness (QED) is 0.656. The first-order valence-corrected chi connectivity index (χ1v) is 10.8. The van der Waals surface area contributed by atoms with Crippen LogP contribution in [-0.2, 0) is 0 Å². The fraction of sp³-hybridized carbons (Fsp3) is 0.333. The number of aromatic nitrogens is 1. The van der Waals surface area contributed by atoms with E-state index in [1.807, 2.05) is 53.8 Å². The van der Waals surface area contributed by atoms with Crippen molar-refractivity contribution >= 4 is 28.2 Å². The van der Waals surface area contributed by atoms with Gasteiger partial charge in [-0.05, 0) is 19.5 Å². The molecule has 3 heterocycles. The van der Waals surface area contributed by atoms with E-state index in [0.29, 0.717) is 24.3 Å². The first-order chi connectivity index (χ1) is 15.4. The second-order valence-corrected chi connectivity index (χ2v) is 8.63. The molecule has 2 aliphatic rings. The van der Waals surface area contributed by atoms with E-state index in [-0.39, 0.29) is 28.7 Å². The van der Waals surface area contributed by atoms with Crippen molar-refractivity contribution in [2.75, 3.05) is 43.4 Å². The van der Waals surface area contributed by atoms with Crippen molar-refractivity contribution in [1.29, 1.82) is 0 Å². The van der Waals surface area contributed by atoms with Crippen LogP contribution in [0, 0.1) is 5.82 Å². The van der Waals surface area contributed by atoms with Gasteiger partial charge < -0.3 is 24.8 Å². The molecular weight excluding hydrogens is 411 g/mol. The second-order valence-electron chi connectivity index (χ2n) is 8.63. The predicted octanol–water partition coefficient (Wildman–Crippen LogP) is 3.32. The summed E-state index contributed by atoms with van der Waals surface area (Å²) in [5.74, 6) is -1.82. The van der Waals surface area contributed by atoms with Crippen LogP contribution in [0.25, 0.3) is 10.9 Å². The third-order valence-corrected chi connectivity index (χ3v) is 6.66. The molecule has 0 saturated carbocycles. The number of hydrogen-bond donors (Lipinski definition) is 2. The van der Waals surface area contributed by atoms with Crippen LogP contribution in [-0.4, -0.2) is 53.8 Å². The summed E-state index contributed by atoms with van der Waals surface area (Å²) in [5.41, 5.74) is 1.26. The van der Waals surface area contributed by atoms with Gasteiger partial charge in [-0.25, -0.2) is 9.18 Å². The number of piperazine rings is 1. The zero-order chi connectivity index (χ0) is 22.6. The summed E-state index contributed by atoms with van der Waals surface area (Å²) >= 11 is 0. The highest BCUT2D eigenvalue weighted by atomic mass is 19.1. The van der Waals surface area contributed by atoms with E-state index in [1.165, 1.54) is 12.3 Å². The third kappa shape index (κ3) is 3.14. The van der Waals surface area contributed by atoms with Crippen molar-refractivity contribution in [2.24, 2.45) is 0 Å². The highest BCUT2D eigenvalue weighted by molar-refractivity contribution is 6.04. The predicted molar refractivity (Wildman–Crippen MR) is 122 cm³/mol. The summed E-state index contributed by atoms with van der Waals surface area (Å²) in [7, 11) is 2.00. The number of halogens is 1. The number of rotatable bonds is 3. The fourth-order valence-electron chi connectivity index (χ4n) is 4.90. The van der Waals surface area contributed by atoms with Crippen molar-refractivity contribution in [1.82, 2.24) is 9.47 Å². The molecule has 0 amide bonds. The molecular formula is C24H25FN4O3. The second kappa shape index (κ2) is 7.63. The summed E-state index contributed by atoms with van der Waals surface area (Å²) < 4.78 is 17.4. The summed E-state index contributed by atoms with van der Waals surface area (Å²) in [4.78, 5) is 29.3. The molecule has 2 atom stereocenters. The smallest absolute Gasteiger partial charge is 0.341 e. The van der Waals surface area contributed by atoms with Crippen LogP contribution in [0.5, 0.6) is 0 Å². The van der Waals surface area contributed by atoms with Crippen LogP contribution in [0.1, 0.15) is 34.9 Å². The molecule has 1 fully saturated rings. The molecule has 32 heavy (non-hydrogen) atoms. The Morgan fingerprint density at radius 3 is 2.50 bits per heavy atom. The van der Waals surface area contributed by atoms with Gasteiger partial charge in [0.25, 0.3) is 0 Å². The molecule has 0 bridgehead atoms. The minimum Gasteiger partial charge on any atom is -0.477 e. The summed E-state index contributed by atoms with van der Waals surface area (Å²) in [6, 6.07) is 10.8. The molecule has 1 aromatic heterocycles. The van der Waals surface area contributed by atoms with E-state index in [9.17, 15) is 14.7 Å². The Balaban J connectivity index is 1.78. The number of likely N-dealkylation sites (N-methyl/N-ethyl adjacent to an activating group) is 1. The Labute approximate surface area is 184 Å². The summed E-state index contributed by atoms with van der Waals surface area (Å²) in [6.45, 7) is 4.57. The van der Waals surface area contributed by atoms with E-state index < -0.39 is 17.2 Å². The Morgan fingerprint density at radius 1 is 1.16 bits per heavy atom. The topological polar surface area (TPSA) is 77.8 Å². The standard InChI is InChI=1S/C24H25FN4O3/c1-14-20(15-6-4-3-5-7-15)26-18-12-17(25)21(28-10-8-27(2)9-11-28)19-22(18)29(14)13-16(23(19)30)24(31)32/h3-7,12-14,20,26H,8-11H2,1-2H3,(H,31,32)/t14?,20-/m0/s1. The number of carboxylic acids is 1. The molecule has 3 aromatic rings. The number of pyridine rings is 1. The van der Waals surface area contributed by atoms with Crippen molar-refractivity contribution in [3.63, 3.8) is 0 Å². The molecule has 8 heteroatoms. The number of anilines is 2. The zero-order valence-corrected chi connectivity index (χ0v) is 18.0. The van der Waals surface area contributed by atoms with Gasteiger partial charge in [0.2, 0.25) is 5.43 Å². The Hall–Kier alpha value is -3.39. The fourth-order valence-corrected chi connectivity index (χ4v) is 4.90. The first kappa shape index (κ1) is 20.5. The molecule has 1 saturated heterocycles. The minimum atomic E-state index is -1.31. The number of benzene rings is 2. The number of carbonyl (C=O) groups is 1. The third-order valence-electron chi connectivity index (χ3n) is 6.66. The Bertz CT molecular complexity index is 1270.